The van der Waals surface area contributed by atoms with E-state index in [9.17, 15) is 4.79 Å². The first-order chi connectivity index (χ1) is 10.0. The molecule has 0 radical (unpaired) electrons. The second-order valence-corrected chi connectivity index (χ2v) is 6.31. The van der Waals surface area contributed by atoms with Crippen molar-refractivity contribution in [3.63, 3.8) is 0 Å². The maximum absolute atomic E-state index is 12.5. The first-order valence-electron chi connectivity index (χ1n) is 8.04. The summed E-state index contributed by atoms with van der Waals surface area (Å²) in [5.74, 6) is 0.641. The summed E-state index contributed by atoms with van der Waals surface area (Å²) in [7, 11) is 0. The molecule has 118 valence electrons. The second-order valence-electron chi connectivity index (χ2n) is 6.31. The van der Waals surface area contributed by atoms with E-state index in [0.717, 1.165) is 37.9 Å². The molecule has 1 aliphatic carbocycles. The van der Waals surface area contributed by atoms with Gasteiger partial charge in [-0.1, -0.05) is 13.8 Å². The van der Waals surface area contributed by atoms with Gasteiger partial charge in [-0.15, -0.1) is 0 Å². The summed E-state index contributed by atoms with van der Waals surface area (Å²) < 4.78 is 1.83. The van der Waals surface area contributed by atoms with Crippen LogP contribution in [0, 0.1) is 5.92 Å². The average molecular weight is 293 g/mol. The molecule has 5 nitrogen and oxygen atoms in total. The minimum atomic E-state index is -0.00847. The van der Waals surface area contributed by atoms with E-state index in [1.807, 2.05) is 17.8 Å². The maximum Gasteiger partial charge on any atom is 0.254 e. The average Bonchev–Trinajstić information content (AvgIpc) is 2.92. The topological polar surface area (TPSA) is 67.2 Å². The normalized spacial score (nSPS) is 22.5. The lowest BCUT2D eigenvalue weighted by molar-refractivity contribution is 0.0912. The van der Waals surface area contributed by atoms with Crippen molar-refractivity contribution in [1.82, 2.24) is 15.1 Å². The summed E-state index contributed by atoms with van der Waals surface area (Å²) in [5, 5.41) is 16.8. The molecule has 0 aromatic carbocycles. The zero-order chi connectivity index (χ0) is 15.4. The van der Waals surface area contributed by atoms with Crippen molar-refractivity contribution >= 4 is 5.91 Å². The predicted octanol–water partition coefficient (Wildman–Crippen LogP) is 2.31. The summed E-state index contributed by atoms with van der Waals surface area (Å²) in [4.78, 5) is 12.5. The lowest BCUT2D eigenvalue weighted by Crippen LogP contribution is -2.38. The Kier molecular flexibility index (Phi) is 5.39. The third kappa shape index (κ3) is 3.84. The Balaban J connectivity index is 2.02. The van der Waals surface area contributed by atoms with Crippen LogP contribution in [0.4, 0.5) is 0 Å². The van der Waals surface area contributed by atoms with Crippen molar-refractivity contribution < 1.29 is 9.90 Å². The van der Waals surface area contributed by atoms with Crippen LogP contribution in [-0.2, 0) is 6.54 Å². The molecular weight excluding hydrogens is 266 g/mol. The Morgan fingerprint density at radius 3 is 2.62 bits per heavy atom. The molecule has 0 atom stereocenters. The van der Waals surface area contributed by atoms with Gasteiger partial charge in [-0.25, -0.2) is 0 Å². The number of nitrogens with one attached hydrogen (secondary N) is 1. The highest BCUT2D eigenvalue weighted by Gasteiger charge is 2.24. The van der Waals surface area contributed by atoms with Gasteiger partial charge in [0.1, 0.15) is 0 Å². The lowest BCUT2D eigenvalue weighted by Gasteiger charge is -2.27. The van der Waals surface area contributed by atoms with E-state index in [1.165, 1.54) is 0 Å². The quantitative estimate of drug-likeness (QED) is 0.875. The maximum atomic E-state index is 12.5. The number of nitrogens with zero attached hydrogens (tertiary/aromatic N) is 2. The van der Waals surface area contributed by atoms with E-state index < -0.39 is 0 Å². The Bertz CT molecular complexity index is 474. The van der Waals surface area contributed by atoms with E-state index in [0.29, 0.717) is 11.5 Å². The summed E-state index contributed by atoms with van der Waals surface area (Å²) in [6, 6.07) is 0.227. The number of rotatable bonds is 5. The van der Waals surface area contributed by atoms with E-state index in [4.69, 9.17) is 5.11 Å². The first kappa shape index (κ1) is 16.0. The predicted molar refractivity (Wildman–Crippen MR) is 82.3 cm³/mol. The number of aromatic nitrogens is 2. The van der Waals surface area contributed by atoms with Gasteiger partial charge in [0.25, 0.3) is 5.91 Å². The number of aryl methyl sites for hydroxylation is 1. The van der Waals surface area contributed by atoms with Gasteiger partial charge in [-0.3, -0.25) is 9.48 Å². The fraction of sp³-hybridized carbons (Fsp3) is 0.750. The van der Waals surface area contributed by atoms with Gasteiger partial charge in [0.2, 0.25) is 0 Å². The molecule has 2 N–H and O–H groups in total. The van der Waals surface area contributed by atoms with Crippen molar-refractivity contribution in [2.45, 2.75) is 65.0 Å². The van der Waals surface area contributed by atoms with Crippen molar-refractivity contribution in [2.24, 2.45) is 5.92 Å². The fourth-order valence-corrected chi connectivity index (χ4v) is 2.95. The molecule has 1 aromatic heterocycles. The molecule has 1 fully saturated rings. The van der Waals surface area contributed by atoms with Crippen LogP contribution in [0.25, 0.3) is 0 Å². The molecule has 0 bridgehead atoms. The molecule has 1 amide bonds. The van der Waals surface area contributed by atoms with E-state index in [-0.39, 0.29) is 24.5 Å². The number of aliphatic hydroxyl groups is 1. The van der Waals surface area contributed by atoms with Crippen LogP contribution < -0.4 is 5.32 Å². The van der Waals surface area contributed by atoms with Gasteiger partial charge in [0.15, 0.2) is 0 Å². The number of hydrogen-bond donors (Lipinski definition) is 2. The Hall–Kier alpha value is -1.36. The molecule has 0 aliphatic heterocycles. The van der Waals surface area contributed by atoms with Gasteiger partial charge < -0.3 is 10.4 Å². The molecule has 0 saturated heterocycles. The standard InChI is InChI=1S/C16H27N3O2/c1-4-19-9-14(15(18-19)11(2)3)16(21)17-13-7-5-12(10-20)6-8-13/h9,11-13,20H,4-8,10H2,1-3H3,(H,17,21). The van der Waals surface area contributed by atoms with Crippen LogP contribution in [-0.4, -0.2) is 33.4 Å². The summed E-state index contributed by atoms with van der Waals surface area (Å²) in [6.45, 7) is 7.18. The second kappa shape index (κ2) is 7.07. The number of carbonyl (C=O) groups excluding carboxylic acids is 1. The molecule has 0 unspecified atom stereocenters. The smallest absolute Gasteiger partial charge is 0.254 e. The zero-order valence-corrected chi connectivity index (χ0v) is 13.3. The number of aliphatic hydroxyl groups excluding tert-OH is 1. The number of amides is 1. The molecule has 21 heavy (non-hydrogen) atoms. The van der Waals surface area contributed by atoms with E-state index in [1.54, 1.807) is 0 Å². The van der Waals surface area contributed by atoms with Crippen molar-refractivity contribution in [3.8, 4) is 0 Å². The van der Waals surface area contributed by atoms with Gasteiger partial charge in [-0.2, -0.15) is 5.10 Å². The van der Waals surface area contributed by atoms with Gasteiger partial charge in [0.05, 0.1) is 11.3 Å². The molecule has 1 aromatic rings. The van der Waals surface area contributed by atoms with Crippen LogP contribution in [0.2, 0.25) is 0 Å². The zero-order valence-electron chi connectivity index (χ0n) is 13.3. The highest BCUT2D eigenvalue weighted by Crippen LogP contribution is 2.24. The van der Waals surface area contributed by atoms with Gasteiger partial charge in [0, 0.05) is 25.4 Å². The Morgan fingerprint density at radius 2 is 2.10 bits per heavy atom. The fourth-order valence-electron chi connectivity index (χ4n) is 2.95. The Labute approximate surface area is 126 Å². The lowest BCUT2D eigenvalue weighted by atomic mass is 9.86. The van der Waals surface area contributed by atoms with Crippen LogP contribution in [0.15, 0.2) is 6.20 Å². The highest BCUT2D eigenvalue weighted by molar-refractivity contribution is 5.95. The van der Waals surface area contributed by atoms with Crippen molar-refractivity contribution in [2.75, 3.05) is 6.61 Å². The summed E-state index contributed by atoms with van der Waals surface area (Å²) in [6.07, 6.45) is 5.75. The SMILES string of the molecule is CCn1cc(C(=O)NC2CCC(CO)CC2)c(C(C)C)n1. The molecular formula is C16H27N3O2. The molecule has 1 aliphatic rings. The largest absolute Gasteiger partial charge is 0.396 e. The van der Waals surface area contributed by atoms with Crippen LogP contribution in [0.3, 0.4) is 0 Å². The van der Waals surface area contributed by atoms with Gasteiger partial charge in [-0.05, 0) is 44.4 Å². The van der Waals surface area contributed by atoms with E-state index >= 15 is 0 Å². The monoisotopic (exact) mass is 293 g/mol. The van der Waals surface area contributed by atoms with Crippen LogP contribution >= 0.6 is 0 Å². The van der Waals surface area contributed by atoms with Crippen molar-refractivity contribution in [3.05, 3.63) is 17.5 Å². The van der Waals surface area contributed by atoms with Gasteiger partial charge >= 0.3 is 0 Å². The minimum Gasteiger partial charge on any atom is -0.396 e. The third-order valence-electron chi connectivity index (χ3n) is 4.35. The third-order valence-corrected chi connectivity index (χ3v) is 4.35. The first-order valence-corrected chi connectivity index (χ1v) is 8.04. The molecule has 1 heterocycles. The number of hydrogen-bond acceptors (Lipinski definition) is 3. The molecule has 2 rings (SSSR count). The minimum absolute atomic E-state index is 0.00847. The Morgan fingerprint density at radius 1 is 1.43 bits per heavy atom. The van der Waals surface area contributed by atoms with Crippen LogP contribution in [0.5, 0.6) is 0 Å². The molecule has 1 saturated carbocycles. The number of carbonyl (C=O) groups is 1. The molecule has 0 spiro atoms. The van der Waals surface area contributed by atoms with Crippen molar-refractivity contribution in [1.29, 1.82) is 0 Å². The highest BCUT2D eigenvalue weighted by atomic mass is 16.3. The van der Waals surface area contributed by atoms with Crippen LogP contribution in [0.1, 0.15) is 68.4 Å². The summed E-state index contributed by atoms with van der Waals surface area (Å²) >= 11 is 0. The molecule has 5 heteroatoms. The van der Waals surface area contributed by atoms with E-state index in [2.05, 4.69) is 24.3 Å². The summed E-state index contributed by atoms with van der Waals surface area (Å²) in [5.41, 5.74) is 1.58.